The van der Waals surface area contributed by atoms with Gasteiger partial charge in [-0.1, -0.05) is 0 Å². The topological polar surface area (TPSA) is 62.2 Å². The summed E-state index contributed by atoms with van der Waals surface area (Å²) in [6, 6.07) is 6.96. The summed E-state index contributed by atoms with van der Waals surface area (Å²) in [7, 11) is 0. The van der Waals surface area contributed by atoms with E-state index in [1.807, 2.05) is 12.1 Å². The molecular formula is C11H9BrN2O2S. The molecule has 0 aromatic carbocycles. The SMILES string of the molecule is O=C(O)c1ccnc(NCc2ccc(Br)s2)c1. The number of pyridine rings is 1. The number of aromatic nitrogens is 1. The molecule has 0 fully saturated rings. The monoisotopic (exact) mass is 312 g/mol. The average molecular weight is 313 g/mol. The van der Waals surface area contributed by atoms with Gasteiger partial charge in [-0.05, 0) is 40.2 Å². The minimum atomic E-state index is -0.950. The lowest BCUT2D eigenvalue weighted by molar-refractivity contribution is 0.0697. The van der Waals surface area contributed by atoms with E-state index in [-0.39, 0.29) is 5.56 Å². The molecule has 0 radical (unpaired) electrons. The lowest BCUT2D eigenvalue weighted by Gasteiger charge is -2.04. The van der Waals surface area contributed by atoms with Crippen molar-refractivity contribution in [3.05, 3.63) is 44.7 Å². The minimum Gasteiger partial charge on any atom is -0.478 e. The Balaban J connectivity index is 2.04. The first kappa shape index (κ1) is 12.1. The number of nitrogens with zero attached hydrogens (tertiary/aromatic N) is 1. The van der Waals surface area contributed by atoms with Gasteiger partial charge in [0.15, 0.2) is 0 Å². The summed E-state index contributed by atoms with van der Waals surface area (Å²) in [5, 5.41) is 11.9. The Labute approximate surface area is 110 Å². The fraction of sp³-hybridized carbons (Fsp3) is 0.0909. The van der Waals surface area contributed by atoms with E-state index in [4.69, 9.17) is 5.11 Å². The van der Waals surface area contributed by atoms with Crippen LogP contribution in [0.5, 0.6) is 0 Å². The molecule has 0 unspecified atom stereocenters. The Kier molecular flexibility index (Phi) is 3.75. The smallest absolute Gasteiger partial charge is 0.335 e. The van der Waals surface area contributed by atoms with E-state index < -0.39 is 5.97 Å². The Morgan fingerprint density at radius 3 is 2.94 bits per heavy atom. The number of hydrogen-bond acceptors (Lipinski definition) is 4. The molecule has 2 rings (SSSR count). The van der Waals surface area contributed by atoms with E-state index in [1.165, 1.54) is 18.3 Å². The van der Waals surface area contributed by atoms with E-state index in [0.29, 0.717) is 12.4 Å². The Hall–Kier alpha value is -1.40. The molecular weight excluding hydrogens is 304 g/mol. The van der Waals surface area contributed by atoms with Gasteiger partial charge in [0.1, 0.15) is 5.82 Å². The molecule has 0 amide bonds. The van der Waals surface area contributed by atoms with Crippen molar-refractivity contribution in [1.82, 2.24) is 4.98 Å². The van der Waals surface area contributed by atoms with E-state index in [1.54, 1.807) is 11.3 Å². The van der Waals surface area contributed by atoms with Crippen LogP contribution < -0.4 is 5.32 Å². The van der Waals surface area contributed by atoms with E-state index in [9.17, 15) is 4.79 Å². The van der Waals surface area contributed by atoms with Crippen molar-refractivity contribution >= 4 is 39.1 Å². The van der Waals surface area contributed by atoms with Crippen LogP contribution >= 0.6 is 27.3 Å². The van der Waals surface area contributed by atoms with Gasteiger partial charge in [-0.25, -0.2) is 9.78 Å². The van der Waals surface area contributed by atoms with Crippen molar-refractivity contribution in [3.8, 4) is 0 Å². The van der Waals surface area contributed by atoms with Gasteiger partial charge < -0.3 is 10.4 Å². The molecule has 4 nitrogen and oxygen atoms in total. The lowest BCUT2D eigenvalue weighted by atomic mass is 10.2. The second-order valence-electron chi connectivity index (χ2n) is 3.29. The van der Waals surface area contributed by atoms with Crippen molar-refractivity contribution in [2.45, 2.75) is 6.54 Å². The van der Waals surface area contributed by atoms with Gasteiger partial charge in [0.25, 0.3) is 0 Å². The molecule has 0 aliphatic heterocycles. The molecule has 2 heterocycles. The molecule has 0 atom stereocenters. The van der Waals surface area contributed by atoms with Crippen molar-refractivity contribution in [2.24, 2.45) is 0 Å². The highest BCUT2D eigenvalue weighted by Crippen LogP contribution is 2.22. The Bertz CT molecular complexity index is 542. The molecule has 2 N–H and O–H groups in total. The maximum Gasteiger partial charge on any atom is 0.335 e. The number of anilines is 1. The van der Waals surface area contributed by atoms with Crippen LogP contribution in [-0.2, 0) is 6.54 Å². The predicted molar refractivity (Wildman–Crippen MR) is 70.5 cm³/mol. The normalized spacial score (nSPS) is 10.2. The second-order valence-corrected chi connectivity index (χ2v) is 5.84. The highest BCUT2D eigenvalue weighted by molar-refractivity contribution is 9.11. The quantitative estimate of drug-likeness (QED) is 0.910. The molecule has 0 bridgehead atoms. The predicted octanol–water partition coefficient (Wildman–Crippen LogP) is 3.22. The van der Waals surface area contributed by atoms with Gasteiger partial charge in [0.2, 0.25) is 0 Å². The first-order chi connectivity index (χ1) is 8.15. The molecule has 6 heteroatoms. The standard InChI is InChI=1S/C11H9BrN2O2S/c12-9-2-1-8(17-9)6-14-10-5-7(11(15)16)3-4-13-10/h1-5H,6H2,(H,13,14)(H,15,16). The molecule has 0 spiro atoms. The summed E-state index contributed by atoms with van der Waals surface area (Å²) in [5.74, 6) is -0.385. The third kappa shape index (κ3) is 3.28. The second kappa shape index (κ2) is 5.29. The van der Waals surface area contributed by atoms with Crippen LogP contribution in [0.2, 0.25) is 0 Å². The van der Waals surface area contributed by atoms with E-state index in [0.717, 1.165) is 8.66 Å². The number of nitrogens with one attached hydrogen (secondary N) is 1. The molecule has 17 heavy (non-hydrogen) atoms. The highest BCUT2D eigenvalue weighted by atomic mass is 79.9. The van der Waals surface area contributed by atoms with Crippen molar-refractivity contribution in [1.29, 1.82) is 0 Å². The fourth-order valence-electron chi connectivity index (χ4n) is 1.28. The number of carboxylic acid groups (broad SMARTS) is 1. The number of carboxylic acids is 1. The Morgan fingerprint density at radius 1 is 1.47 bits per heavy atom. The highest BCUT2D eigenvalue weighted by Gasteiger charge is 2.04. The zero-order chi connectivity index (χ0) is 12.3. The summed E-state index contributed by atoms with van der Waals surface area (Å²) in [6.07, 6.45) is 1.48. The van der Waals surface area contributed by atoms with Gasteiger partial charge in [-0.3, -0.25) is 0 Å². The van der Waals surface area contributed by atoms with E-state index in [2.05, 4.69) is 26.2 Å². The maximum atomic E-state index is 10.8. The van der Waals surface area contributed by atoms with E-state index >= 15 is 0 Å². The van der Waals surface area contributed by atoms with Gasteiger partial charge >= 0.3 is 5.97 Å². The average Bonchev–Trinajstić information content (AvgIpc) is 2.73. The number of thiophene rings is 1. The summed E-state index contributed by atoms with van der Waals surface area (Å²) in [6.45, 7) is 0.631. The van der Waals surface area contributed by atoms with Gasteiger partial charge in [-0.15, -0.1) is 11.3 Å². The summed E-state index contributed by atoms with van der Waals surface area (Å²) >= 11 is 5.01. The number of aromatic carboxylic acids is 1. The van der Waals surface area contributed by atoms with Crippen LogP contribution in [0.1, 0.15) is 15.2 Å². The molecule has 0 aliphatic rings. The van der Waals surface area contributed by atoms with Crippen LogP contribution in [0, 0.1) is 0 Å². The third-order valence-electron chi connectivity index (χ3n) is 2.08. The molecule has 2 aromatic heterocycles. The number of rotatable bonds is 4. The molecule has 0 saturated carbocycles. The number of halogens is 1. The molecule has 0 aliphatic carbocycles. The number of carbonyl (C=O) groups is 1. The van der Waals surface area contributed by atoms with Gasteiger partial charge in [0, 0.05) is 11.1 Å². The molecule has 88 valence electrons. The summed E-state index contributed by atoms with van der Waals surface area (Å²) in [4.78, 5) is 16.0. The van der Waals surface area contributed by atoms with Crippen LogP contribution in [0.25, 0.3) is 0 Å². The third-order valence-corrected chi connectivity index (χ3v) is 3.70. The van der Waals surface area contributed by atoms with Gasteiger partial charge in [0.05, 0.1) is 15.9 Å². The lowest BCUT2D eigenvalue weighted by Crippen LogP contribution is -2.02. The minimum absolute atomic E-state index is 0.231. The van der Waals surface area contributed by atoms with Crippen LogP contribution in [0.3, 0.4) is 0 Å². The first-order valence-electron chi connectivity index (χ1n) is 4.82. The van der Waals surface area contributed by atoms with Crippen molar-refractivity contribution < 1.29 is 9.90 Å². The first-order valence-corrected chi connectivity index (χ1v) is 6.43. The maximum absolute atomic E-state index is 10.8. The summed E-state index contributed by atoms with van der Waals surface area (Å²) < 4.78 is 1.07. The fourth-order valence-corrected chi connectivity index (χ4v) is 2.71. The largest absolute Gasteiger partial charge is 0.478 e. The Morgan fingerprint density at radius 2 is 2.29 bits per heavy atom. The van der Waals surface area contributed by atoms with Crippen molar-refractivity contribution in [2.75, 3.05) is 5.32 Å². The number of hydrogen-bond donors (Lipinski definition) is 2. The molecule has 0 saturated heterocycles. The van der Waals surface area contributed by atoms with Crippen LogP contribution in [-0.4, -0.2) is 16.1 Å². The van der Waals surface area contributed by atoms with Crippen LogP contribution in [0.15, 0.2) is 34.2 Å². The van der Waals surface area contributed by atoms with Crippen LogP contribution in [0.4, 0.5) is 5.82 Å². The van der Waals surface area contributed by atoms with Gasteiger partial charge in [-0.2, -0.15) is 0 Å². The zero-order valence-electron chi connectivity index (χ0n) is 8.68. The van der Waals surface area contributed by atoms with Crippen molar-refractivity contribution in [3.63, 3.8) is 0 Å². The summed E-state index contributed by atoms with van der Waals surface area (Å²) in [5.41, 5.74) is 0.231. The molecule has 2 aromatic rings. The zero-order valence-corrected chi connectivity index (χ0v) is 11.1.